The summed E-state index contributed by atoms with van der Waals surface area (Å²) in [5.41, 5.74) is 4.53. The molecule has 2 aromatic carbocycles. The average molecular weight is 449 g/mol. The second kappa shape index (κ2) is 9.16. The smallest absolute Gasteiger partial charge is 0.434 e. The molecule has 2 aliphatic carbocycles. The molecule has 1 spiro atoms. The fourth-order valence-electron chi connectivity index (χ4n) is 6.57. The summed E-state index contributed by atoms with van der Waals surface area (Å²) < 4.78 is 11.9. The van der Waals surface area contributed by atoms with Gasteiger partial charge in [-0.2, -0.15) is 0 Å². The number of unbranched alkanes of at least 4 members (excludes halogenated alkanes) is 5. The summed E-state index contributed by atoms with van der Waals surface area (Å²) in [6.07, 6.45) is 7.03. The topological polar surface area (TPSA) is 35.5 Å². The van der Waals surface area contributed by atoms with Crippen molar-refractivity contribution >= 4 is 6.16 Å². The molecule has 0 aromatic heterocycles. The zero-order valence-electron chi connectivity index (χ0n) is 21.1. The Kier molecular flexibility index (Phi) is 6.62. The first kappa shape index (κ1) is 23.9. The Hall–Kier alpha value is -2.29. The van der Waals surface area contributed by atoms with Crippen LogP contribution in [0.4, 0.5) is 4.79 Å². The van der Waals surface area contributed by atoms with Crippen LogP contribution in [-0.2, 0) is 25.7 Å². The van der Waals surface area contributed by atoms with Gasteiger partial charge in [-0.3, -0.25) is 0 Å². The Bertz CT molecular complexity index is 977. The largest absolute Gasteiger partial charge is 0.508 e. The molecule has 0 bridgehead atoms. The van der Waals surface area contributed by atoms with Gasteiger partial charge in [0.25, 0.3) is 0 Å². The van der Waals surface area contributed by atoms with Crippen molar-refractivity contribution in [1.29, 1.82) is 0 Å². The van der Waals surface area contributed by atoms with Crippen molar-refractivity contribution in [2.45, 2.75) is 102 Å². The van der Waals surface area contributed by atoms with Crippen LogP contribution in [-0.4, -0.2) is 18.9 Å². The lowest BCUT2D eigenvalue weighted by atomic mass is 9.70. The molecule has 3 nitrogen and oxygen atoms in total. The highest BCUT2D eigenvalue weighted by Crippen LogP contribution is 2.63. The molecule has 0 amide bonds. The maximum Gasteiger partial charge on any atom is 0.508 e. The van der Waals surface area contributed by atoms with Crippen LogP contribution in [0, 0.1) is 0 Å². The Labute approximate surface area is 199 Å². The molecule has 2 aliphatic rings. The van der Waals surface area contributed by atoms with E-state index in [-0.39, 0.29) is 22.3 Å². The Morgan fingerprint density at radius 2 is 1.36 bits per heavy atom. The fourth-order valence-corrected chi connectivity index (χ4v) is 6.57. The third-order valence-corrected chi connectivity index (χ3v) is 7.99. The molecule has 3 heteroatoms. The van der Waals surface area contributed by atoms with Crippen LogP contribution in [0.5, 0.6) is 0 Å². The molecule has 0 aliphatic heterocycles. The van der Waals surface area contributed by atoms with Crippen LogP contribution in [0.25, 0.3) is 0 Å². The molecule has 2 aromatic rings. The van der Waals surface area contributed by atoms with Gasteiger partial charge in [0.2, 0.25) is 0 Å². The predicted molar refractivity (Wildman–Crippen MR) is 134 cm³/mol. The van der Waals surface area contributed by atoms with Crippen LogP contribution in [0.15, 0.2) is 48.5 Å². The van der Waals surface area contributed by atoms with Crippen molar-refractivity contribution in [2.24, 2.45) is 0 Å². The lowest BCUT2D eigenvalue weighted by molar-refractivity contribution is -0.0226. The summed E-state index contributed by atoms with van der Waals surface area (Å²) in [6, 6.07) is 17.4. The van der Waals surface area contributed by atoms with Gasteiger partial charge in [-0.1, -0.05) is 115 Å². The molecule has 0 radical (unpaired) electrons. The van der Waals surface area contributed by atoms with Crippen LogP contribution in [0.3, 0.4) is 0 Å². The fraction of sp³-hybridized carbons (Fsp3) is 0.567. The van der Waals surface area contributed by atoms with Gasteiger partial charge in [-0.15, -0.1) is 0 Å². The number of rotatable bonds is 8. The Morgan fingerprint density at radius 3 is 2.03 bits per heavy atom. The first-order valence-corrected chi connectivity index (χ1v) is 12.8. The van der Waals surface area contributed by atoms with Crippen molar-refractivity contribution in [1.82, 2.24) is 0 Å². The number of ether oxygens (including phenoxy) is 2. The van der Waals surface area contributed by atoms with Gasteiger partial charge >= 0.3 is 6.16 Å². The number of hydrogen-bond donors (Lipinski definition) is 0. The van der Waals surface area contributed by atoms with E-state index >= 15 is 0 Å². The second-order valence-electron chi connectivity index (χ2n) is 11.2. The molecule has 2 unspecified atom stereocenters. The van der Waals surface area contributed by atoms with E-state index < -0.39 is 6.16 Å². The molecule has 4 rings (SSSR count). The number of carbonyl (C=O) groups is 1. The molecule has 33 heavy (non-hydrogen) atoms. The normalized spacial score (nSPS) is 23.8. The molecule has 0 saturated heterocycles. The molecule has 0 fully saturated rings. The molecule has 2 atom stereocenters. The minimum Gasteiger partial charge on any atom is -0.434 e. The van der Waals surface area contributed by atoms with Crippen molar-refractivity contribution in [3.05, 3.63) is 70.8 Å². The molecule has 0 N–H and O–H groups in total. The highest BCUT2D eigenvalue weighted by molar-refractivity contribution is 5.66. The first-order valence-electron chi connectivity index (χ1n) is 12.8. The Balaban J connectivity index is 1.59. The van der Waals surface area contributed by atoms with Gasteiger partial charge in [0.05, 0.1) is 12.0 Å². The van der Waals surface area contributed by atoms with Gasteiger partial charge in [-0.25, -0.2) is 4.79 Å². The zero-order valence-corrected chi connectivity index (χ0v) is 21.1. The van der Waals surface area contributed by atoms with Gasteiger partial charge in [0.1, 0.15) is 6.10 Å². The van der Waals surface area contributed by atoms with E-state index in [1.165, 1.54) is 47.9 Å². The van der Waals surface area contributed by atoms with E-state index in [4.69, 9.17) is 9.47 Å². The van der Waals surface area contributed by atoms with Crippen LogP contribution in [0.2, 0.25) is 0 Å². The Morgan fingerprint density at radius 1 is 0.818 bits per heavy atom. The van der Waals surface area contributed by atoms with Crippen molar-refractivity contribution in [2.75, 3.05) is 6.61 Å². The van der Waals surface area contributed by atoms with Crippen LogP contribution in [0.1, 0.15) is 102 Å². The monoisotopic (exact) mass is 448 g/mol. The van der Waals surface area contributed by atoms with Crippen molar-refractivity contribution < 1.29 is 14.3 Å². The maximum absolute atomic E-state index is 12.9. The van der Waals surface area contributed by atoms with E-state index in [1.54, 1.807) is 0 Å². The lowest BCUT2D eigenvalue weighted by Crippen LogP contribution is -2.46. The van der Waals surface area contributed by atoms with E-state index in [9.17, 15) is 4.79 Å². The highest BCUT2D eigenvalue weighted by atomic mass is 16.7. The molecule has 178 valence electrons. The summed E-state index contributed by atoms with van der Waals surface area (Å²) >= 11 is 0. The van der Waals surface area contributed by atoms with Crippen LogP contribution >= 0.6 is 0 Å². The first-order chi connectivity index (χ1) is 15.7. The average Bonchev–Trinajstić information content (AvgIpc) is 3.14. The number of hydrogen-bond acceptors (Lipinski definition) is 3. The maximum atomic E-state index is 12.9. The SMILES string of the molecule is CCCCCCCCOC(=O)OC1C(C)(C)c2ccccc2C12CC(C)(C)c1ccccc12. The van der Waals surface area contributed by atoms with Gasteiger partial charge in [0, 0.05) is 5.41 Å². The van der Waals surface area contributed by atoms with Gasteiger partial charge < -0.3 is 9.47 Å². The third kappa shape index (κ3) is 4.09. The highest BCUT2D eigenvalue weighted by Gasteiger charge is 2.64. The summed E-state index contributed by atoms with van der Waals surface area (Å²) in [7, 11) is 0. The summed E-state index contributed by atoms with van der Waals surface area (Å²) in [4.78, 5) is 12.9. The lowest BCUT2D eigenvalue weighted by Gasteiger charge is -2.39. The van der Waals surface area contributed by atoms with Crippen molar-refractivity contribution in [3.63, 3.8) is 0 Å². The molecule has 0 heterocycles. The second-order valence-corrected chi connectivity index (χ2v) is 11.2. The third-order valence-electron chi connectivity index (χ3n) is 7.99. The minimum atomic E-state index is -0.531. The zero-order chi connectivity index (χ0) is 23.7. The summed E-state index contributed by atoms with van der Waals surface area (Å²) in [6.45, 7) is 11.7. The minimum absolute atomic E-state index is 0.00582. The summed E-state index contributed by atoms with van der Waals surface area (Å²) in [5.74, 6) is 0. The molecular formula is C30H40O3. The van der Waals surface area contributed by atoms with Crippen molar-refractivity contribution in [3.8, 4) is 0 Å². The number of carbonyl (C=O) groups excluding carboxylic acids is 1. The number of fused-ring (bicyclic) bond motifs is 4. The van der Waals surface area contributed by atoms with E-state index in [0.717, 1.165) is 19.3 Å². The summed E-state index contributed by atoms with van der Waals surface area (Å²) in [5, 5.41) is 0. The van der Waals surface area contributed by atoms with Gasteiger partial charge in [0.15, 0.2) is 0 Å². The molecule has 0 saturated carbocycles. The van der Waals surface area contributed by atoms with Gasteiger partial charge in [-0.05, 0) is 40.5 Å². The van der Waals surface area contributed by atoms with E-state index in [0.29, 0.717) is 6.61 Å². The standard InChI is InChI=1S/C30H40O3/c1-6-7-8-9-10-15-20-32-27(31)33-26-29(4,5)23-17-12-14-19-25(23)30(26)21-28(2,3)22-16-11-13-18-24(22)30/h11-14,16-19,26H,6-10,15,20-21H2,1-5H3. The van der Waals surface area contributed by atoms with E-state index in [2.05, 4.69) is 83.1 Å². The quantitative estimate of drug-likeness (QED) is 0.305. The predicted octanol–water partition coefficient (Wildman–Crippen LogP) is 7.83. The van der Waals surface area contributed by atoms with E-state index in [1.807, 2.05) is 0 Å². The van der Waals surface area contributed by atoms with Crippen LogP contribution < -0.4 is 0 Å². The number of benzene rings is 2. The molecular weight excluding hydrogens is 408 g/mol.